The normalized spacial score (nSPS) is 11.3. The van der Waals surface area contributed by atoms with E-state index >= 15 is 0 Å². The zero-order valence-corrected chi connectivity index (χ0v) is 25.7. The summed E-state index contributed by atoms with van der Waals surface area (Å²) in [6.07, 6.45) is -1.37. The van der Waals surface area contributed by atoms with E-state index in [1.54, 1.807) is 0 Å². The molecule has 0 atom stereocenters. The number of anilines is 4. The summed E-state index contributed by atoms with van der Waals surface area (Å²) in [5, 5.41) is 14.5. The van der Waals surface area contributed by atoms with Crippen molar-refractivity contribution >= 4 is 60.5 Å². The Kier molecular flexibility index (Phi) is 12.8. The second-order valence-corrected chi connectivity index (χ2v) is 9.66. The number of aromatic nitrogens is 2. The van der Waals surface area contributed by atoms with Gasteiger partial charge < -0.3 is 30.8 Å². The fourth-order valence-corrected chi connectivity index (χ4v) is 3.67. The number of amides is 2. The van der Waals surface area contributed by atoms with Crippen LogP contribution in [0.2, 0.25) is 0 Å². The molecule has 2 aromatic carbocycles. The van der Waals surface area contributed by atoms with E-state index in [4.69, 9.17) is 5.73 Å². The van der Waals surface area contributed by atoms with Crippen LogP contribution in [-0.2, 0) is 20.2 Å². The van der Waals surface area contributed by atoms with Crippen LogP contribution in [0, 0.1) is 12.0 Å². The summed E-state index contributed by atoms with van der Waals surface area (Å²) in [6, 6.07) is 6.30. The van der Waals surface area contributed by atoms with Crippen LogP contribution < -0.4 is 80.8 Å². The first-order valence-corrected chi connectivity index (χ1v) is 12.5. The molecule has 0 saturated heterocycles. The third-order valence-corrected chi connectivity index (χ3v) is 5.52. The SMILES string of the molecule is NC(=O)Nc1cc(NCS(=O)(=O)[O-])ccc1N=Nc1cc(Nc2cc(F)nc(F)n2)ccc1S(=O)(=O)[O-].[Na+].[Na+]. The molecule has 0 radical (unpaired) electrons. The zero-order chi connectivity index (χ0) is 27.4. The fourth-order valence-electron chi connectivity index (χ4n) is 2.73. The number of azo groups is 1. The molecule has 2 amide bonds. The smallest absolute Gasteiger partial charge is 0.747 e. The van der Waals surface area contributed by atoms with Crippen LogP contribution >= 0.6 is 0 Å². The maximum absolute atomic E-state index is 13.3. The van der Waals surface area contributed by atoms with Gasteiger partial charge in [0.05, 0.1) is 10.6 Å². The van der Waals surface area contributed by atoms with Crippen molar-refractivity contribution in [3.63, 3.8) is 0 Å². The predicted molar refractivity (Wildman–Crippen MR) is 122 cm³/mol. The third-order valence-electron chi connectivity index (χ3n) is 4.14. The van der Waals surface area contributed by atoms with E-state index in [1.165, 1.54) is 12.1 Å². The monoisotopic (exact) mass is 602 g/mol. The topological polar surface area (TPSA) is 244 Å². The fraction of sp³-hybridized carbons (Fsp3) is 0.0556. The minimum atomic E-state index is -5.06. The summed E-state index contributed by atoms with van der Waals surface area (Å²) < 4.78 is 94.1. The summed E-state index contributed by atoms with van der Waals surface area (Å²) in [7, 11) is -9.68. The van der Waals surface area contributed by atoms with Crippen LogP contribution in [-0.4, -0.2) is 47.8 Å². The summed E-state index contributed by atoms with van der Waals surface area (Å²) in [5.74, 6) is -2.48. The second kappa shape index (κ2) is 14.3. The molecular weight excluding hydrogens is 588 g/mol. The first-order chi connectivity index (χ1) is 17.2. The van der Waals surface area contributed by atoms with E-state index in [9.17, 15) is 39.5 Å². The molecule has 196 valence electrons. The van der Waals surface area contributed by atoms with Crippen molar-refractivity contribution in [2.45, 2.75) is 4.90 Å². The number of hydrogen-bond donors (Lipinski definition) is 4. The molecule has 0 aliphatic rings. The average Bonchev–Trinajstić information content (AvgIpc) is 2.75. The molecule has 0 unspecified atom stereocenters. The molecule has 0 fully saturated rings. The number of carbonyl (C=O) groups excluding carboxylic acids is 1. The summed E-state index contributed by atoms with van der Waals surface area (Å²) in [4.78, 5) is 16.7. The molecule has 21 heteroatoms. The number of urea groups is 1. The third kappa shape index (κ3) is 11.0. The van der Waals surface area contributed by atoms with E-state index in [2.05, 4.69) is 36.1 Å². The van der Waals surface area contributed by atoms with Crippen molar-refractivity contribution < 1.29 is 98.6 Å². The molecule has 39 heavy (non-hydrogen) atoms. The number of nitrogens with one attached hydrogen (secondary N) is 3. The van der Waals surface area contributed by atoms with Gasteiger partial charge in [-0.3, -0.25) is 0 Å². The van der Waals surface area contributed by atoms with Crippen molar-refractivity contribution in [1.29, 1.82) is 0 Å². The van der Waals surface area contributed by atoms with Gasteiger partial charge in [-0.15, -0.1) is 10.2 Å². The minimum Gasteiger partial charge on any atom is -0.747 e. The van der Waals surface area contributed by atoms with Crippen LogP contribution in [0.3, 0.4) is 0 Å². The van der Waals surface area contributed by atoms with Crippen molar-refractivity contribution in [2.75, 3.05) is 21.8 Å². The van der Waals surface area contributed by atoms with Gasteiger partial charge in [0, 0.05) is 17.4 Å². The second-order valence-electron chi connectivity index (χ2n) is 6.91. The van der Waals surface area contributed by atoms with Gasteiger partial charge in [-0.05, 0) is 36.4 Å². The number of benzene rings is 2. The molecule has 0 aliphatic carbocycles. The Morgan fingerprint density at radius 2 is 1.56 bits per heavy atom. The Balaban J connectivity index is 0.00000380. The standard InChI is InChI=1S/C18H16F2N8O7S2.2Na/c19-15-7-16(26-17(20)25-15)23-10-2-4-14(37(33,34)35)13(6-10)28-27-11-3-1-9(22-8-36(30,31)32)5-12(11)24-18(21)29;;/h1-7,22H,8H2,(H3,21,24,29)(H,23,25,26)(H,30,31,32)(H,33,34,35);;/q;2*+1/p-2. The number of nitrogens with zero attached hydrogens (tertiary/aromatic N) is 4. The molecule has 0 aliphatic heterocycles. The van der Waals surface area contributed by atoms with Crippen LogP contribution in [0.1, 0.15) is 0 Å². The van der Waals surface area contributed by atoms with Gasteiger partial charge in [-0.2, -0.15) is 18.7 Å². The van der Waals surface area contributed by atoms with Gasteiger partial charge >= 0.3 is 71.2 Å². The van der Waals surface area contributed by atoms with Gasteiger partial charge in [0.25, 0.3) is 0 Å². The molecule has 0 saturated carbocycles. The quantitative estimate of drug-likeness (QED) is 0.0609. The Morgan fingerprint density at radius 1 is 0.923 bits per heavy atom. The van der Waals surface area contributed by atoms with Gasteiger partial charge in [0.15, 0.2) is 0 Å². The molecule has 3 rings (SSSR count). The number of hydrogen-bond acceptors (Lipinski definition) is 13. The Hall–Kier alpha value is -2.33. The molecule has 0 bridgehead atoms. The minimum absolute atomic E-state index is 0. The molecule has 1 heterocycles. The van der Waals surface area contributed by atoms with Crippen LogP contribution in [0.5, 0.6) is 0 Å². The van der Waals surface area contributed by atoms with E-state index in [0.29, 0.717) is 0 Å². The summed E-state index contributed by atoms with van der Waals surface area (Å²) >= 11 is 0. The zero-order valence-electron chi connectivity index (χ0n) is 20.0. The van der Waals surface area contributed by atoms with Crippen molar-refractivity contribution in [3.8, 4) is 0 Å². The van der Waals surface area contributed by atoms with Gasteiger partial charge in [-0.1, -0.05) is 0 Å². The van der Waals surface area contributed by atoms with Gasteiger partial charge in [0.1, 0.15) is 43.3 Å². The van der Waals surface area contributed by atoms with Crippen molar-refractivity contribution in [2.24, 2.45) is 16.0 Å². The predicted octanol–water partition coefficient (Wildman–Crippen LogP) is -3.77. The Bertz CT molecular complexity index is 1590. The molecule has 3 aromatic rings. The van der Waals surface area contributed by atoms with E-state index in [0.717, 1.165) is 30.3 Å². The van der Waals surface area contributed by atoms with Crippen LogP contribution in [0.15, 0.2) is 57.6 Å². The van der Waals surface area contributed by atoms with Crippen LogP contribution in [0.25, 0.3) is 0 Å². The summed E-state index contributed by atoms with van der Waals surface area (Å²) in [5.41, 5.74) is 4.43. The first kappa shape index (κ1) is 34.7. The maximum Gasteiger partial charge on any atom is 1.00 e. The van der Waals surface area contributed by atoms with Crippen LogP contribution in [0.4, 0.5) is 47.8 Å². The molecular formula is C18H14F2N8Na2O7S2. The van der Waals surface area contributed by atoms with E-state index in [1.807, 2.05) is 0 Å². The number of rotatable bonds is 9. The number of primary amides is 1. The van der Waals surface area contributed by atoms with E-state index in [-0.39, 0.29) is 87.7 Å². The Morgan fingerprint density at radius 3 is 2.15 bits per heavy atom. The van der Waals surface area contributed by atoms with E-state index < -0.39 is 54.8 Å². The first-order valence-electron chi connectivity index (χ1n) is 9.56. The number of halogens is 2. The molecule has 15 nitrogen and oxygen atoms in total. The number of nitrogens with two attached hydrogens (primary N) is 1. The summed E-state index contributed by atoms with van der Waals surface area (Å²) in [6.45, 7) is 0. The van der Waals surface area contributed by atoms with Gasteiger partial charge in [-0.25, -0.2) is 21.6 Å². The van der Waals surface area contributed by atoms with Crippen molar-refractivity contribution in [1.82, 2.24) is 9.97 Å². The molecule has 0 spiro atoms. The average molecular weight is 602 g/mol. The Labute approximate surface area is 264 Å². The largest absolute Gasteiger partial charge is 1.00 e. The van der Waals surface area contributed by atoms with Crippen molar-refractivity contribution in [3.05, 3.63) is 54.5 Å². The molecule has 1 aromatic heterocycles. The van der Waals surface area contributed by atoms with Gasteiger partial charge in [0.2, 0.25) is 5.95 Å². The maximum atomic E-state index is 13.3. The number of carbonyl (C=O) groups is 1. The molecule has 5 N–H and O–H groups in total.